The predicted octanol–water partition coefficient (Wildman–Crippen LogP) is 2.81. The number of aliphatic hydroxyl groups excluding tert-OH is 1. The summed E-state index contributed by atoms with van der Waals surface area (Å²) < 4.78 is 13.4. The summed E-state index contributed by atoms with van der Waals surface area (Å²) in [6, 6.07) is 4.29. The molecule has 1 aliphatic carbocycles. The van der Waals surface area contributed by atoms with Crippen molar-refractivity contribution in [3.63, 3.8) is 0 Å². The highest BCUT2D eigenvalue weighted by Crippen LogP contribution is 2.31. The van der Waals surface area contributed by atoms with Gasteiger partial charge >= 0.3 is 0 Å². The molecule has 110 valence electrons. The summed E-state index contributed by atoms with van der Waals surface area (Å²) in [4.78, 5) is 12.3. The van der Waals surface area contributed by atoms with Crippen molar-refractivity contribution in [2.24, 2.45) is 5.92 Å². The molecule has 2 N–H and O–H groups in total. The minimum absolute atomic E-state index is 0.0697. The second-order valence-electron chi connectivity index (χ2n) is 6.09. The van der Waals surface area contributed by atoms with Crippen molar-refractivity contribution in [3.8, 4) is 0 Å². The van der Waals surface area contributed by atoms with Crippen molar-refractivity contribution in [1.82, 2.24) is 5.32 Å². The summed E-state index contributed by atoms with van der Waals surface area (Å²) in [7, 11) is 0. The van der Waals surface area contributed by atoms with Crippen LogP contribution < -0.4 is 5.32 Å². The molecule has 0 unspecified atom stereocenters. The highest BCUT2D eigenvalue weighted by Gasteiger charge is 2.35. The van der Waals surface area contributed by atoms with E-state index in [1.54, 1.807) is 13.0 Å². The SMILES string of the molecule is Cc1cc(F)cc(C(=O)NC2(CO)CCC(C)CC2)c1. The average molecular weight is 279 g/mol. The fourth-order valence-corrected chi connectivity index (χ4v) is 2.82. The number of halogens is 1. The lowest BCUT2D eigenvalue weighted by Gasteiger charge is -2.38. The molecule has 1 aromatic carbocycles. The molecule has 0 radical (unpaired) electrons. The van der Waals surface area contributed by atoms with Gasteiger partial charge in [0, 0.05) is 5.56 Å². The average Bonchev–Trinajstić information content (AvgIpc) is 2.40. The van der Waals surface area contributed by atoms with Gasteiger partial charge in [0.2, 0.25) is 0 Å². The Kier molecular flexibility index (Phi) is 4.43. The van der Waals surface area contributed by atoms with Crippen LogP contribution in [0.4, 0.5) is 4.39 Å². The Bertz CT molecular complexity index is 473. The van der Waals surface area contributed by atoms with Crippen molar-refractivity contribution in [1.29, 1.82) is 0 Å². The molecule has 0 bridgehead atoms. The Morgan fingerprint density at radius 1 is 1.40 bits per heavy atom. The van der Waals surface area contributed by atoms with Gasteiger partial charge in [-0.25, -0.2) is 4.39 Å². The Morgan fingerprint density at radius 3 is 2.60 bits per heavy atom. The van der Waals surface area contributed by atoms with Gasteiger partial charge in [-0.1, -0.05) is 6.92 Å². The van der Waals surface area contributed by atoms with Gasteiger partial charge in [-0.3, -0.25) is 4.79 Å². The third-order valence-corrected chi connectivity index (χ3v) is 4.22. The number of aryl methyl sites for hydroxylation is 1. The second kappa shape index (κ2) is 5.92. The van der Waals surface area contributed by atoms with Crippen molar-refractivity contribution >= 4 is 5.91 Å². The van der Waals surface area contributed by atoms with E-state index in [0.717, 1.165) is 25.7 Å². The fourth-order valence-electron chi connectivity index (χ4n) is 2.82. The van der Waals surface area contributed by atoms with E-state index in [-0.39, 0.29) is 12.5 Å². The van der Waals surface area contributed by atoms with E-state index < -0.39 is 11.4 Å². The first-order valence-corrected chi connectivity index (χ1v) is 7.15. The quantitative estimate of drug-likeness (QED) is 0.894. The fraction of sp³-hybridized carbons (Fsp3) is 0.562. The molecule has 1 aromatic rings. The monoisotopic (exact) mass is 279 g/mol. The molecule has 1 aliphatic rings. The Hall–Kier alpha value is -1.42. The van der Waals surface area contributed by atoms with Crippen LogP contribution in [0.5, 0.6) is 0 Å². The van der Waals surface area contributed by atoms with Gasteiger partial charge in [0.15, 0.2) is 0 Å². The molecule has 1 amide bonds. The molecule has 0 aliphatic heterocycles. The lowest BCUT2D eigenvalue weighted by atomic mass is 9.77. The normalized spacial score (nSPS) is 26.3. The van der Waals surface area contributed by atoms with Crippen molar-refractivity contribution in [3.05, 3.63) is 35.1 Å². The second-order valence-corrected chi connectivity index (χ2v) is 6.09. The number of benzene rings is 1. The highest BCUT2D eigenvalue weighted by molar-refractivity contribution is 5.94. The third-order valence-electron chi connectivity index (χ3n) is 4.22. The molecule has 1 saturated carbocycles. The molecule has 2 rings (SSSR count). The van der Waals surface area contributed by atoms with Crippen LogP contribution >= 0.6 is 0 Å². The van der Waals surface area contributed by atoms with E-state index >= 15 is 0 Å². The van der Waals surface area contributed by atoms with Crippen LogP contribution in [-0.4, -0.2) is 23.2 Å². The first-order chi connectivity index (χ1) is 9.44. The molecule has 0 saturated heterocycles. The van der Waals surface area contributed by atoms with E-state index in [9.17, 15) is 14.3 Å². The van der Waals surface area contributed by atoms with Crippen molar-refractivity contribution < 1.29 is 14.3 Å². The molecule has 0 aromatic heterocycles. The number of aliphatic hydroxyl groups is 1. The summed E-state index contributed by atoms with van der Waals surface area (Å²) in [5.41, 5.74) is 0.475. The maximum absolute atomic E-state index is 13.4. The predicted molar refractivity (Wildman–Crippen MR) is 76.1 cm³/mol. The van der Waals surface area contributed by atoms with E-state index in [0.29, 0.717) is 17.0 Å². The largest absolute Gasteiger partial charge is 0.394 e. The Balaban J connectivity index is 2.13. The molecular weight excluding hydrogens is 257 g/mol. The Morgan fingerprint density at radius 2 is 2.05 bits per heavy atom. The number of amides is 1. The lowest BCUT2D eigenvalue weighted by Crippen LogP contribution is -2.53. The smallest absolute Gasteiger partial charge is 0.251 e. The van der Waals surface area contributed by atoms with E-state index in [1.165, 1.54) is 12.1 Å². The van der Waals surface area contributed by atoms with Crippen LogP contribution in [0.25, 0.3) is 0 Å². The molecule has 20 heavy (non-hydrogen) atoms. The highest BCUT2D eigenvalue weighted by atomic mass is 19.1. The number of nitrogens with one attached hydrogen (secondary N) is 1. The van der Waals surface area contributed by atoms with Crippen LogP contribution in [0, 0.1) is 18.7 Å². The summed E-state index contributed by atoms with van der Waals surface area (Å²) in [5, 5.41) is 12.6. The first-order valence-electron chi connectivity index (χ1n) is 7.15. The molecule has 0 atom stereocenters. The standard InChI is InChI=1S/C16H22FNO2/c1-11-3-5-16(10-19,6-4-11)18-15(20)13-7-12(2)8-14(17)9-13/h7-9,11,19H,3-6,10H2,1-2H3,(H,18,20). The van der Waals surface area contributed by atoms with Gasteiger partial charge in [-0.2, -0.15) is 0 Å². The molecule has 3 nitrogen and oxygen atoms in total. The number of hydrogen-bond donors (Lipinski definition) is 2. The zero-order valence-electron chi connectivity index (χ0n) is 12.1. The number of rotatable bonds is 3. The van der Waals surface area contributed by atoms with Gasteiger partial charge in [0.25, 0.3) is 5.91 Å². The van der Waals surface area contributed by atoms with Crippen molar-refractivity contribution in [2.75, 3.05) is 6.61 Å². The number of carbonyl (C=O) groups is 1. The van der Waals surface area contributed by atoms with Gasteiger partial charge in [-0.05, 0) is 62.3 Å². The lowest BCUT2D eigenvalue weighted by molar-refractivity contribution is 0.0716. The molecular formula is C16H22FNO2. The van der Waals surface area contributed by atoms with Gasteiger partial charge in [-0.15, -0.1) is 0 Å². The molecule has 4 heteroatoms. The number of hydrogen-bond acceptors (Lipinski definition) is 2. The summed E-state index contributed by atoms with van der Waals surface area (Å²) in [6.07, 6.45) is 3.52. The van der Waals surface area contributed by atoms with Crippen LogP contribution in [0.15, 0.2) is 18.2 Å². The topological polar surface area (TPSA) is 49.3 Å². The summed E-state index contributed by atoms with van der Waals surface area (Å²) in [6.45, 7) is 3.86. The zero-order valence-corrected chi connectivity index (χ0v) is 12.1. The van der Waals surface area contributed by atoms with E-state index in [1.807, 2.05) is 0 Å². The third kappa shape index (κ3) is 3.37. The van der Waals surface area contributed by atoms with Gasteiger partial charge < -0.3 is 10.4 Å². The van der Waals surface area contributed by atoms with E-state index in [4.69, 9.17) is 0 Å². The first kappa shape index (κ1) is 15.0. The van der Waals surface area contributed by atoms with Gasteiger partial charge in [0.1, 0.15) is 5.82 Å². The molecule has 0 heterocycles. The maximum atomic E-state index is 13.4. The molecule has 1 fully saturated rings. The zero-order chi connectivity index (χ0) is 14.8. The minimum atomic E-state index is -0.552. The maximum Gasteiger partial charge on any atom is 0.251 e. The van der Waals surface area contributed by atoms with Crippen LogP contribution in [0.2, 0.25) is 0 Å². The summed E-state index contributed by atoms with van der Waals surface area (Å²) >= 11 is 0. The van der Waals surface area contributed by atoms with E-state index in [2.05, 4.69) is 12.2 Å². The van der Waals surface area contributed by atoms with Crippen LogP contribution in [0.3, 0.4) is 0 Å². The molecule has 0 spiro atoms. The van der Waals surface area contributed by atoms with Crippen LogP contribution in [0.1, 0.15) is 48.5 Å². The Labute approximate surface area is 119 Å². The van der Waals surface area contributed by atoms with Crippen LogP contribution in [-0.2, 0) is 0 Å². The van der Waals surface area contributed by atoms with Crippen molar-refractivity contribution in [2.45, 2.75) is 45.1 Å². The van der Waals surface area contributed by atoms with Gasteiger partial charge in [0.05, 0.1) is 12.1 Å². The number of carbonyl (C=O) groups excluding carboxylic acids is 1. The minimum Gasteiger partial charge on any atom is -0.394 e. The summed E-state index contributed by atoms with van der Waals surface area (Å²) in [5.74, 6) is -0.0929.